The SMILES string of the molecule is COCCC(=O)NC(CCC(=O)OC)C(=O)O. The van der Waals surface area contributed by atoms with E-state index in [0.717, 1.165) is 0 Å². The molecule has 0 spiro atoms. The van der Waals surface area contributed by atoms with E-state index in [9.17, 15) is 14.4 Å². The summed E-state index contributed by atoms with van der Waals surface area (Å²) in [5.41, 5.74) is 0. The van der Waals surface area contributed by atoms with E-state index in [2.05, 4.69) is 14.8 Å². The van der Waals surface area contributed by atoms with Gasteiger partial charge in [-0.2, -0.15) is 0 Å². The van der Waals surface area contributed by atoms with Gasteiger partial charge in [0.2, 0.25) is 5.91 Å². The number of carboxylic acids is 1. The molecule has 1 unspecified atom stereocenters. The lowest BCUT2D eigenvalue weighted by Gasteiger charge is -2.13. The summed E-state index contributed by atoms with van der Waals surface area (Å²) in [4.78, 5) is 32.9. The van der Waals surface area contributed by atoms with E-state index in [1.165, 1.54) is 14.2 Å². The Morgan fingerprint density at radius 3 is 2.35 bits per heavy atom. The van der Waals surface area contributed by atoms with E-state index in [0.29, 0.717) is 0 Å². The number of carbonyl (C=O) groups is 3. The largest absolute Gasteiger partial charge is 0.480 e. The monoisotopic (exact) mass is 247 g/mol. The molecule has 0 rings (SSSR count). The van der Waals surface area contributed by atoms with Gasteiger partial charge in [-0.05, 0) is 6.42 Å². The van der Waals surface area contributed by atoms with E-state index >= 15 is 0 Å². The first kappa shape index (κ1) is 15.4. The number of hydrogen-bond donors (Lipinski definition) is 2. The Morgan fingerprint density at radius 1 is 1.24 bits per heavy atom. The van der Waals surface area contributed by atoms with Crippen LogP contribution in [0.25, 0.3) is 0 Å². The van der Waals surface area contributed by atoms with Crippen molar-refractivity contribution < 1.29 is 29.0 Å². The minimum atomic E-state index is -1.18. The van der Waals surface area contributed by atoms with Crippen LogP contribution >= 0.6 is 0 Å². The summed E-state index contributed by atoms with van der Waals surface area (Å²) in [5, 5.41) is 11.1. The number of rotatable bonds is 8. The highest BCUT2D eigenvalue weighted by molar-refractivity contribution is 5.84. The van der Waals surface area contributed by atoms with Gasteiger partial charge in [0.15, 0.2) is 0 Å². The highest BCUT2D eigenvalue weighted by Gasteiger charge is 2.20. The van der Waals surface area contributed by atoms with E-state index < -0.39 is 23.9 Å². The second kappa shape index (κ2) is 8.51. The summed E-state index contributed by atoms with van der Waals surface area (Å²) < 4.78 is 9.07. The zero-order valence-electron chi connectivity index (χ0n) is 9.89. The van der Waals surface area contributed by atoms with Crippen LogP contribution in [0, 0.1) is 0 Å². The normalized spacial score (nSPS) is 11.6. The van der Waals surface area contributed by atoms with Gasteiger partial charge >= 0.3 is 11.9 Å². The molecular formula is C10H17NO6. The Balaban J connectivity index is 4.10. The Labute approximate surface area is 99.1 Å². The van der Waals surface area contributed by atoms with Crippen LogP contribution in [0.2, 0.25) is 0 Å². The molecular weight excluding hydrogens is 230 g/mol. The molecule has 17 heavy (non-hydrogen) atoms. The van der Waals surface area contributed by atoms with Gasteiger partial charge in [0.05, 0.1) is 13.7 Å². The number of esters is 1. The molecule has 7 nitrogen and oxygen atoms in total. The number of hydrogen-bond acceptors (Lipinski definition) is 5. The molecule has 0 aliphatic heterocycles. The van der Waals surface area contributed by atoms with Gasteiger partial charge in [0, 0.05) is 20.0 Å². The lowest BCUT2D eigenvalue weighted by Crippen LogP contribution is -2.41. The number of carbonyl (C=O) groups excluding carboxylic acids is 2. The molecule has 0 saturated carbocycles. The third-order valence-corrected chi connectivity index (χ3v) is 2.03. The smallest absolute Gasteiger partial charge is 0.326 e. The van der Waals surface area contributed by atoms with Crippen molar-refractivity contribution in [2.75, 3.05) is 20.8 Å². The lowest BCUT2D eigenvalue weighted by molar-refractivity contribution is -0.144. The maximum absolute atomic E-state index is 11.3. The van der Waals surface area contributed by atoms with Gasteiger partial charge in [-0.25, -0.2) is 4.79 Å². The third-order valence-electron chi connectivity index (χ3n) is 2.03. The first-order chi connectivity index (χ1) is 8.01. The fourth-order valence-electron chi connectivity index (χ4n) is 1.08. The fourth-order valence-corrected chi connectivity index (χ4v) is 1.08. The summed E-state index contributed by atoms with van der Waals surface area (Å²) in [6.45, 7) is 0.217. The molecule has 0 aliphatic rings. The second-order valence-corrected chi connectivity index (χ2v) is 3.32. The van der Waals surface area contributed by atoms with Crippen LogP contribution in [0.3, 0.4) is 0 Å². The number of nitrogens with one attached hydrogen (secondary N) is 1. The second-order valence-electron chi connectivity index (χ2n) is 3.32. The van der Waals surface area contributed by atoms with Crippen LogP contribution in [0.1, 0.15) is 19.3 Å². The quantitative estimate of drug-likeness (QED) is 0.563. The molecule has 98 valence electrons. The van der Waals surface area contributed by atoms with Crippen molar-refractivity contribution in [3.63, 3.8) is 0 Å². The highest BCUT2D eigenvalue weighted by Crippen LogP contribution is 2.00. The minimum absolute atomic E-state index is 0.000723. The van der Waals surface area contributed by atoms with Crippen LogP contribution in [0.15, 0.2) is 0 Å². The zero-order chi connectivity index (χ0) is 13.3. The van der Waals surface area contributed by atoms with Crippen molar-refractivity contribution in [3.8, 4) is 0 Å². The Kier molecular flexibility index (Phi) is 7.70. The maximum atomic E-state index is 11.3. The van der Waals surface area contributed by atoms with Gasteiger partial charge in [-0.1, -0.05) is 0 Å². The van der Waals surface area contributed by atoms with Crippen LogP contribution in [0.5, 0.6) is 0 Å². The number of ether oxygens (including phenoxy) is 2. The van der Waals surface area contributed by atoms with Gasteiger partial charge in [-0.3, -0.25) is 9.59 Å². The van der Waals surface area contributed by atoms with Crippen molar-refractivity contribution in [2.45, 2.75) is 25.3 Å². The molecule has 1 atom stereocenters. The van der Waals surface area contributed by atoms with Crippen LogP contribution < -0.4 is 5.32 Å². The van der Waals surface area contributed by atoms with Crippen LogP contribution in [0.4, 0.5) is 0 Å². The average molecular weight is 247 g/mol. The van der Waals surface area contributed by atoms with Gasteiger partial charge in [-0.15, -0.1) is 0 Å². The van der Waals surface area contributed by atoms with E-state index in [1.54, 1.807) is 0 Å². The molecule has 7 heteroatoms. The van der Waals surface area contributed by atoms with Crippen molar-refractivity contribution in [1.29, 1.82) is 0 Å². The molecule has 0 fully saturated rings. The minimum Gasteiger partial charge on any atom is -0.480 e. The fraction of sp³-hybridized carbons (Fsp3) is 0.700. The molecule has 0 aromatic heterocycles. The molecule has 0 aromatic rings. The third kappa shape index (κ3) is 7.29. The molecule has 2 N–H and O–H groups in total. The number of aliphatic carboxylic acids is 1. The van der Waals surface area contributed by atoms with E-state index in [1.807, 2.05) is 0 Å². The molecule has 0 heterocycles. The molecule has 1 amide bonds. The summed E-state index contributed by atoms with van der Waals surface area (Å²) in [7, 11) is 2.66. The molecule has 0 aliphatic carbocycles. The topological polar surface area (TPSA) is 102 Å². The van der Waals surface area contributed by atoms with Crippen molar-refractivity contribution in [1.82, 2.24) is 5.32 Å². The average Bonchev–Trinajstić information content (AvgIpc) is 2.30. The van der Waals surface area contributed by atoms with Gasteiger partial charge in [0.1, 0.15) is 6.04 Å². The first-order valence-electron chi connectivity index (χ1n) is 5.09. The van der Waals surface area contributed by atoms with Crippen LogP contribution in [-0.4, -0.2) is 49.8 Å². The Hall–Kier alpha value is -1.63. The highest BCUT2D eigenvalue weighted by atomic mass is 16.5. The van der Waals surface area contributed by atoms with E-state index in [4.69, 9.17) is 5.11 Å². The standard InChI is InChI=1S/C10H17NO6/c1-16-6-5-8(12)11-7(10(14)15)3-4-9(13)17-2/h7H,3-6H2,1-2H3,(H,11,12)(H,14,15). The molecule has 0 radical (unpaired) electrons. The summed E-state index contributed by atoms with van der Waals surface area (Å²) in [5.74, 6) is -2.12. The predicted octanol–water partition coefficient (Wildman–Crippen LogP) is -0.454. The number of carboxylic acid groups (broad SMARTS) is 1. The van der Waals surface area contributed by atoms with Gasteiger partial charge < -0.3 is 19.9 Å². The molecule has 0 saturated heterocycles. The lowest BCUT2D eigenvalue weighted by atomic mass is 10.1. The van der Waals surface area contributed by atoms with Crippen molar-refractivity contribution in [3.05, 3.63) is 0 Å². The van der Waals surface area contributed by atoms with E-state index in [-0.39, 0.29) is 25.9 Å². The summed E-state index contributed by atoms with van der Waals surface area (Å²) >= 11 is 0. The van der Waals surface area contributed by atoms with Crippen molar-refractivity contribution in [2.24, 2.45) is 0 Å². The number of amides is 1. The Bertz CT molecular complexity index is 278. The van der Waals surface area contributed by atoms with Crippen LogP contribution in [-0.2, 0) is 23.9 Å². The van der Waals surface area contributed by atoms with Crippen molar-refractivity contribution >= 4 is 17.8 Å². The predicted molar refractivity (Wildman–Crippen MR) is 57.3 cm³/mol. The Morgan fingerprint density at radius 2 is 1.88 bits per heavy atom. The first-order valence-corrected chi connectivity index (χ1v) is 5.09. The summed E-state index contributed by atoms with van der Waals surface area (Å²) in [6.07, 6.45) is 0.0251. The zero-order valence-corrected chi connectivity index (χ0v) is 9.89. The summed E-state index contributed by atoms with van der Waals surface area (Å²) in [6, 6.07) is -1.08. The molecule has 0 bridgehead atoms. The van der Waals surface area contributed by atoms with Gasteiger partial charge in [0.25, 0.3) is 0 Å². The number of methoxy groups -OCH3 is 2. The molecule has 0 aromatic carbocycles. The maximum Gasteiger partial charge on any atom is 0.326 e.